The molecule has 0 aromatic carbocycles. The van der Waals surface area contributed by atoms with Gasteiger partial charge in [0.15, 0.2) is 0 Å². The molecule has 2 N–H and O–H groups in total. The van der Waals surface area contributed by atoms with Crippen LogP contribution in [0, 0.1) is 11.3 Å². The first kappa shape index (κ1) is 16.2. The van der Waals surface area contributed by atoms with Crippen molar-refractivity contribution in [2.45, 2.75) is 46.0 Å². The van der Waals surface area contributed by atoms with E-state index in [1.807, 2.05) is 0 Å². The fourth-order valence-corrected chi connectivity index (χ4v) is 2.58. The maximum atomic E-state index is 5.75. The average Bonchev–Trinajstić information content (AvgIpc) is 2.66. The van der Waals surface area contributed by atoms with E-state index < -0.39 is 0 Å². The van der Waals surface area contributed by atoms with Crippen LogP contribution in [0.25, 0.3) is 0 Å². The van der Waals surface area contributed by atoms with Crippen LogP contribution in [-0.4, -0.2) is 31.6 Å². The van der Waals surface area contributed by atoms with Gasteiger partial charge in [-0.2, -0.15) is 0 Å². The Hall–Kier alpha value is 0.210. The summed E-state index contributed by atoms with van der Waals surface area (Å²) in [6.45, 7) is 7.64. The molecule has 0 atom stereocenters. The Kier molecular flexibility index (Phi) is 7.62. The van der Waals surface area contributed by atoms with Crippen LogP contribution in [-0.2, 0) is 0 Å². The fourth-order valence-electron chi connectivity index (χ4n) is 2.58. The zero-order chi connectivity index (χ0) is 11.3. The summed E-state index contributed by atoms with van der Waals surface area (Å²) in [7, 11) is 2.23. The molecular weight excluding hydrogens is 220 g/mol. The topological polar surface area (TPSA) is 29.3 Å². The molecule has 1 rings (SSSR count). The van der Waals surface area contributed by atoms with Crippen molar-refractivity contribution in [2.24, 2.45) is 17.1 Å². The van der Waals surface area contributed by atoms with E-state index in [1.54, 1.807) is 0 Å². The third kappa shape index (κ3) is 6.07. The summed E-state index contributed by atoms with van der Waals surface area (Å²) < 4.78 is 0. The lowest BCUT2D eigenvalue weighted by Gasteiger charge is -2.29. The summed E-state index contributed by atoms with van der Waals surface area (Å²) in [6, 6.07) is 0. The second kappa shape index (κ2) is 7.52. The van der Waals surface area contributed by atoms with Gasteiger partial charge >= 0.3 is 0 Å². The van der Waals surface area contributed by atoms with E-state index in [9.17, 15) is 0 Å². The van der Waals surface area contributed by atoms with Crippen LogP contribution in [0.2, 0.25) is 0 Å². The molecule has 0 aromatic rings. The fraction of sp³-hybridized carbons (Fsp3) is 1.00. The van der Waals surface area contributed by atoms with Gasteiger partial charge in [-0.15, -0.1) is 12.4 Å². The zero-order valence-electron chi connectivity index (χ0n) is 11.2. The second-order valence-electron chi connectivity index (χ2n) is 6.05. The molecular formula is C13H29ClN2. The summed E-state index contributed by atoms with van der Waals surface area (Å²) >= 11 is 0. The molecule has 1 saturated carbocycles. The SMILES string of the molecule is CN(CCC1CCCC1)CC(C)(C)CN.Cl. The summed E-state index contributed by atoms with van der Waals surface area (Å²) in [5.41, 5.74) is 6.01. The minimum Gasteiger partial charge on any atom is -0.330 e. The Morgan fingerprint density at radius 1 is 1.25 bits per heavy atom. The van der Waals surface area contributed by atoms with E-state index in [-0.39, 0.29) is 17.8 Å². The Morgan fingerprint density at radius 2 is 1.81 bits per heavy atom. The largest absolute Gasteiger partial charge is 0.330 e. The highest BCUT2D eigenvalue weighted by Gasteiger charge is 2.19. The Morgan fingerprint density at radius 3 is 2.31 bits per heavy atom. The van der Waals surface area contributed by atoms with Gasteiger partial charge in [-0.05, 0) is 37.9 Å². The molecule has 0 saturated heterocycles. The number of rotatable bonds is 6. The summed E-state index contributed by atoms with van der Waals surface area (Å²) in [5, 5.41) is 0. The van der Waals surface area contributed by atoms with Gasteiger partial charge in [0.1, 0.15) is 0 Å². The standard InChI is InChI=1S/C13H28N2.ClH/c1-13(2,10-14)11-15(3)9-8-12-6-4-5-7-12;/h12H,4-11,14H2,1-3H3;1H. The first-order valence-electron chi connectivity index (χ1n) is 6.42. The van der Waals surface area contributed by atoms with Gasteiger partial charge < -0.3 is 10.6 Å². The van der Waals surface area contributed by atoms with Crippen LogP contribution >= 0.6 is 12.4 Å². The van der Waals surface area contributed by atoms with Crippen LogP contribution in [0.1, 0.15) is 46.0 Å². The van der Waals surface area contributed by atoms with E-state index in [1.165, 1.54) is 38.6 Å². The molecule has 0 bridgehead atoms. The van der Waals surface area contributed by atoms with Crippen LogP contribution < -0.4 is 5.73 Å². The molecule has 0 heterocycles. The molecule has 0 unspecified atom stereocenters. The van der Waals surface area contributed by atoms with E-state index in [0.717, 1.165) is 19.0 Å². The molecule has 3 heteroatoms. The number of hydrogen-bond acceptors (Lipinski definition) is 2. The maximum Gasteiger partial charge on any atom is 0.00417 e. The number of hydrogen-bond donors (Lipinski definition) is 1. The molecule has 0 aromatic heterocycles. The van der Waals surface area contributed by atoms with Gasteiger partial charge in [-0.25, -0.2) is 0 Å². The van der Waals surface area contributed by atoms with Crippen LogP contribution in [0.3, 0.4) is 0 Å². The van der Waals surface area contributed by atoms with Crippen molar-refractivity contribution in [2.75, 3.05) is 26.7 Å². The van der Waals surface area contributed by atoms with E-state index >= 15 is 0 Å². The van der Waals surface area contributed by atoms with Crippen LogP contribution in [0.15, 0.2) is 0 Å². The van der Waals surface area contributed by atoms with Crippen molar-refractivity contribution in [3.8, 4) is 0 Å². The molecule has 2 nitrogen and oxygen atoms in total. The highest BCUT2D eigenvalue weighted by Crippen LogP contribution is 2.27. The van der Waals surface area contributed by atoms with Crippen molar-refractivity contribution < 1.29 is 0 Å². The van der Waals surface area contributed by atoms with E-state index in [2.05, 4.69) is 25.8 Å². The monoisotopic (exact) mass is 248 g/mol. The molecule has 0 radical (unpaired) electrons. The lowest BCUT2D eigenvalue weighted by atomic mass is 9.93. The smallest absolute Gasteiger partial charge is 0.00417 e. The normalized spacial score (nSPS) is 17.8. The predicted molar refractivity (Wildman–Crippen MR) is 74.2 cm³/mol. The Labute approximate surface area is 107 Å². The van der Waals surface area contributed by atoms with Crippen molar-refractivity contribution in [1.82, 2.24) is 4.90 Å². The minimum absolute atomic E-state index is 0. The van der Waals surface area contributed by atoms with E-state index in [0.29, 0.717) is 0 Å². The number of nitrogens with zero attached hydrogens (tertiary/aromatic N) is 1. The zero-order valence-corrected chi connectivity index (χ0v) is 12.0. The Balaban J connectivity index is 0.00000225. The molecule has 0 spiro atoms. The third-order valence-corrected chi connectivity index (χ3v) is 3.64. The highest BCUT2D eigenvalue weighted by molar-refractivity contribution is 5.85. The second-order valence-corrected chi connectivity index (χ2v) is 6.05. The van der Waals surface area contributed by atoms with Gasteiger partial charge in [-0.1, -0.05) is 39.5 Å². The quantitative estimate of drug-likeness (QED) is 0.783. The molecule has 1 fully saturated rings. The number of halogens is 1. The van der Waals surface area contributed by atoms with Gasteiger partial charge in [-0.3, -0.25) is 0 Å². The molecule has 0 aliphatic heterocycles. The van der Waals surface area contributed by atoms with Crippen LogP contribution in [0.5, 0.6) is 0 Å². The summed E-state index contributed by atoms with van der Waals surface area (Å²) in [4.78, 5) is 2.45. The first-order valence-corrected chi connectivity index (χ1v) is 6.42. The van der Waals surface area contributed by atoms with Crippen molar-refractivity contribution in [3.63, 3.8) is 0 Å². The van der Waals surface area contributed by atoms with Crippen molar-refractivity contribution in [3.05, 3.63) is 0 Å². The summed E-state index contributed by atoms with van der Waals surface area (Å²) in [5.74, 6) is 1.01. The third-order valence-electron chi connectivity index (χ3n) is 3.64. The number of nitrogens with two attached hydrogens (primary N) is 1. The molecule has 1 aliphatic rings. The van der Waals surface area contributed by atoms with Gasteiger partial charge in [0.2, 0.25) is 0 Å². The highest BCUT2D eigenvalue weighted by atomic mass is 35.5. The average molecular weight is 249 g/mol. The van der Waals surface area contributed by atoms with Crippen molar-refractivity contribution >= 4 is 12.4 Å². The summed E-state index contributed by atoms with van der Waals surface area (Å²) in [6.07, 6.45) is 7.24. The molecule has 16 heavy (non-hydrogen) atoms. The molecule has 1 aliphatic carbocycles. The maximum absolute atomic E-state index is 5.75. The first-order chi connectivity index (χ1) is 7.03. The van der Waals surface area contributed by atoms with Gasteiger partial charge in [0, 0.05) is 6.54 Å². The molecule has 0 amide bonds. The lowest BCUT2D eigenvalue weighted by Crippen LogP contribution is -2.37. The lowest BCUT2D eigenvalue weighted by molar-refractivity contribution is 0.205. The minimum atomic E-state index is 0. The van der Waals surface area contributed by atoms with Crippen LogP contribution in [0.4, 0.5) is 0 Å². The Bertz CT molecular complexity index is 177. The van der Waals surface area contributed by atoms with Gasteiger partial charge in [0.05, 0.1) is 0 Å². The van der Waals surface area contributed by atoms with Gasteiger partial charge in [0.25, 0.3) is 0 Å². The van der Waals surface area contributed by atoms with E-state index in [4.69, 9.17) is 5.73 Å². The molecule has 98 valence electrons. The van der Waals surface area contributed by atoms with Crippen molar-refractivity contribution in [1.29, 1.82) is 0 Å². The predicted octanol–water partition coefficient (Wildman–Crippen LogP) is 2.91.